The lowest BCUT2D eigenvalue weighted by atomic mass is 10.0. The van der Waals surface area contributed by atoms with Crippen LogP contribution in [0.4, 0.5) is 5.69 Å². The van der Waals surface area contributed by atoms with Crippen molar-refractivity contribution in [3.63, 3.8) is 0 Å². The van der Waals surface area contributed by atoms with E-state index < -0.39 is 11.9 Å². The number of amides is 2. The number of furan rings is 1. The van der Waals surface area contributed by atoms with E-state index in [0.717, 1.165) is 20.8 Å². The zero-order chi connectivity index (χ0) is 21.1. The molecule has 2 aromatic carbocycles. The molecule has 4 aromatic rings. The molecule has 2 heterocycles. The van der Waals surface area contributed by atoms with Crippen molar-refractivity contribution >= 4 is 39.1 Å². The SMILES string of the molecule is CC(C)[C@H](NC(=O)c1ccco1)C(=O)Nc1cccc(-c2nc3ccccc3s2)c1. The lowest BCUT2D eigenvalue weighted by Crippen LogP contribution is -2.47. The maximum atomic E-state index is 12.9. The molecule has 0 aliphatic heterocycles. The highest BCUT2D eigenvalue weighted by Gasteiger charge is 2.25. The molecule has 0 radical (unpaired) electrons. The molecular formula is C23H21N3O3S. The molecule has 2 amide bonds. The maximum absolute atomic E-state index is 12.9. The fourth-order valence-corrected chi connectivity index (χ4v) is 4.06. The second-order valence-corrected chi connectivity index (χ2v) is 8.26. The van der Waals surface area contributed by atoms with Gasteiger partial charge in [-0.1, -0.05) is 38.1 Å². The van der Waals surface area contributed by atoms with Gasteiger partial charge in [0.2, 0.25) is 5.91 Å². The third-order valence-electron chi connectivity index (χ3n) is 4.65. The van der Waals surface area contributed by atoms with E-state index in [4.69, 9.17) is 4.42 Å². The van der Waals surface area contributed by atoms with Crippen LogP contribution in [0.1, 0.15) is 24.4 Å². The standard InChI is InChI=1S/C23H21N3O3S/c1-14(2)20(26-21(27)18-10-6-12-29-18)22(28)24-16-8-5-7-15(13-16)23-25-17-9-3-4-11-19(17)30-23/h3-14,20H,1-2H3,(H,24,28)(H,26,27)/t20-/m0/s1. The Morgan fingerprint density at radius 2 is 1.87 bits per heavy atom. The van der Waals surface area contributed by atoms with E-state index in [1.54, 1.807) is 23.5 Å². The van der Waals surface area contributed by atoms with E-state index in [9.17, 15) is 9.59 Å². The summed E-state index contributed by atoms with van der Waals surface area (Å²) < 4.78 is 6.23. The van der Waals surface area contributed by atoms with Gasteiger partial charge in [0.1, 0.15) is 11.0 Å². The molecule has 30 heavy (non-hydrogen) atoms. The second kappa shape index (κ2) is 8.51. The molecule has 0 bridgehead atoms. The van der Waals surface area contributed by atoms with Crippen LogP contribution in [0.15, 0.2) is 71.3 Å². The second-order valence-electron chi connectivity index (χ2n) is 7.23. The molecule has 0 saturated heterocycles. The number of nitrogens with zero attached hydrogens (tertiary/aromatic N) is 1. The molecule has 2 aromatic heterocycles. The number of aromatic nitrogens is 1. The van der Waals surface area contributed by atoms with Gasteiger partial charge in [-0.05, 0) is 42.3 Å². The topological polar surface area (TPSA) is 84.2 Å². The van der Waals surface area contributed by atoms with Crippen molar-refractivity contribution in [3.8, 4) is 10.6 Å². The number of fused-ring (bicyclic) bond motifs is 1. The van der Waals surface area contributed by atoms with Crippen molar-refractivity contribution < 1.29 is 14.0 Å². The minimum Gasteiger partial charge on any atom is -0.459 e. The number of carbonyl (C=O) groups excluding carboxylic acids is 2. The van der Waals surface area contributed by atoms with Gasteiger partial charge >= 0.3 is 0 Å². The summed E-state index contributed by atoms with van der Waals surface area (Å²) in [5.74, 6) is -0.633. The number of anilines is 1. The monoisotopic (exact) mass is 419 g/mol. The Morgan fingerprint density at radius 1 is 1.03 bits per heavy atom. The van der Waals surface area contributed by atoms with Gasteiger partial charge in [0.15, 0.2) is 5.76 Å². The molecule has 0 unspecified atom stereocenters. The summed E-state index contributed by atoms with van der Waals surface area (Å²) in [4.78, 5) is 29.9. The Balaban J connectivity index is 1.51. The van der Waals surface area contributed by atoms with Crippen molar-refractivity contribution in [1.29, 1.82) is 0 Å². The third-order valence-corrected chi connectivity index (χ3v) is 5.74. The minimum atomic E-state index is -0.700. The highest BCUT2D eigenvalue weighted by molar-refractivity contribution is 7.21. The molecular weight excluding hydrogens is 398 g/mol. The van der Waals surface area contributed by atoms with E-state index in [1.807, 2.05) is 62.4 Å². The quantitative estimate of drug-likeness (QED) is 0.463. The lowest BCUT2D eigenvalue weighted by molar-refractivity contribution is -0.118. The lowest BCUT2D eigenvalue weighted by Gasteiger charge is -2.21. The van der Waals surface area contributed by atoms with Gasteiger partial charge in [-0.3, -0.25) is 9.59 Å². The Bertz CT molecular complexity index is 1150. The van der Waals surface area contributed by atoms with Crippen LogP contribution in [0.5, 0.6) is 0 Å². The van der Waals surface area contributed by atoms with Crippen LogP contribution in [-0.2, 0) is 4.79 Å². The summed E-state index contributed by atoms with van der Waals surface area (Å²) in [6.45, 7) is 3.76. The highest BCUT2D eigenvalue weighted by Crippen LogP contribution is 2.31. The number of hydrogen-bond donors (Lipinski definition) is 2. The van der Waals surface area contributed by atoms with Gasteiger partial charge in [0, 0.05) is 11.3 Å². The molecule has 0 aliphatic carbocycles. The number of thiazole rings is 1. The average Bonchev–Trinajstić information content (AvgIpc) is 3.41. The number of nitrogens with one attached hydrogen (secondary N) is 2. The first-order chi connectivity index (χ1) is 14.5. The van der Waals surface area contributed by atoms with E-state index in [2.05, 4.69) is 15.6 Å². The molecule has 7 heteroatoms. The van der Waals surface area contributed by atoms with Crippen LogP contribution in [0.3, 0.4) is 0 Å². The summed E-state index contributed by atoms with van der Waals surface area (Å²) in [5.41, 5.74) is 2.52. The van der Waals surface area contributed by atoms with E-state index >= 15 is 0 Å². The number of carbonyl (C=O) groups is 2. The molecule has 0 saturated carbocycles. The molecule has 0 spiro atoms. The number of hydrogen-bond acceptors (Lipinski definition) is 5. The van der Waals surface area contributed by atoms with Gasteiger partial charge in [-0.15, -0.1) is 11.3 Å². The summed E-state index contributed by atoms with van der Waals surface area (Å²) in [6.07, 6.45) is 1.42. The molecule has 0 aliphatic rings. The minimum absolute atomic E-state index is 0.101. The first kappa shape index (κ1) is 19.8. The molecule has 0 fully saturated rings. The van der Waals surface area contributed by atoms with Crippen LogP contribution in [0, 0.1) is 5.92 Å². The normalized spacial score (nSPS) is 12.1. The highest BCUT2D eigenvalue weighted by atomic mass is 32.1. The van der Waals surface area contributed by atoms with E-state index in [0.29, 0.717) is 5.69 Å². The summed E-state index contributed by atoms with van der Waals surface area (Å²) in [7, 11) is 0. The molecule has 4 rings (SSSR count). The van der Waals surface area contributed by atoms with Crippen LogP contribution in [0.2, 0.25) is 0 Å². The predicted octanol–water partition coefficient (Wildman–Crippen LogP) is 4.95. The molecule has 6 nitrogen and oxygen atoms in total. The molecule has 2 N–H and O–H groups in total. The smallest absolute Gasteiger partial charge is 0.287 e. The summed E-state index contributed by atoms with van der Waals surface area (Å²) in [5, 5.41) is 6.55. The zero-order valence-electron chi connectivity index (χ0n) is 16.6. The van der Waals surface area contributed by atoms with Gasteiger partial charge in [-0.2, -0.15) is 0 Å². The number of para-hydroxylation sites is 1. The fraction of sp³-hybridized carbons (Fsp3) is 0.174. The van der Waals surface area contributed by atoms with Gasteiger partial charge in [-0.25, -0.2) is 4.98 Å². The van der Waals surface area contributed by atoms with E-state index in [-0.39, 0.29) is 17.6 Å². The van der Waals surface area contributed by atoms with Crippen molar-refractivity contribution in [2.75, 3.05) is 5.32 Å². The molecule has 152 valence electrons. The van der Waals surface area contributed by atoms with Gasteiger partial charge in [0.25, 0.3) is 5.91 Å². The van der Waals surface area contributed by atoms with Crippen LogP contribution < -0.4 is 10.6 Å². The average molecular weight is 420 g/mol. The van der Waals surface area contributed by atoms with Crippen molar-refractivity contribution in [1.82, 2.24) is 10.3 Å². The Labute approximate surface area is 177 Å². The van der Waals surface area contributed by atoms with Crippen LogP contribution in [-0.4, -0.2) is 22.8 Å². The Morgan fingerprint density at radius 3 is 2.60 bits per heavy atom. The largest absolute Gasteiger partial charge is 0.459 e. The van der Waals surface area contributed by atoms with E-state index in [1.165, 1.54) is 6.26 Å². The van der Waals surface area contributed by atoms with Crippen molar-refractivity contribution in [2.24, 2.45) is 5.92 Å². The number of benzene rings is 2. The fourth-order valence-electron chi connectivity index (χ4n) is 3.10. The first-order valence-electron chi connectivity index (χ1n) is 9.62. The van der Waals surface area contributed by atoms with Crippen LogP contribution in [0.25, 0.3) is 20.8 Å². The first-order valence-corrected chi connectivity index (χ1v) is 10.4. The Kier molecular flexibility index (Phi) is 5.63. The summed E-state index contributed by atoms with van der Waals surface area (Å²) in [6, 6.07) is 18.0. The van der Waals surface area contributed by atoms with Crippen molar-refractivity contribution in [3.05, 3.63) is 72.7 Å². The summed E-state index contributed by atoms with van der Waals surface area (Å²) >= 11 is 1.60. The van der Waals surface area contributed by atoms with Crippen molar-refractivity contribution in [2.45, 2.75) is 19.9 Å². The third kappa shape index (κ3) is 4.26. The van der Waals surface area contributed by atoms with Crippen LogP contribution >= 0.6 is 11.3 Å². The van der Waals surface area contributed by atoms with Gasteiger partial charge in [0.05, 0.1) is 16.5 Å². The zero-order valence-corrected chi connectivity index (χ0v) is 17.4. The predicted molar refractivity (Wildman–Crippen MR) is 118 cm³/mol. The Hall–Kier alpha value is -3.45. The maximum Gasteiger partial charge on any atom is 0.287 e. The van der Waals surface area contributed by atoms with Gasteiger partial charge < -0.3 is 15.1 Å². The molecule has 1 atom stereocenters. The number of rotatable bonds is 6.